The van der Waals surface area contributed by atoms with Gasteiger partial charge in [-0.3, -0.25) is 4.79 Å². The first-order valence-corrected chi connectivity index (χ1v) is 6.33. The van der Waals surface area contributed by atoms with Crippen LogP contribution in [0.15, 0.2) is 3.92 Å². The highest BCUT2D eigenvalue weighted by molar-refractivity contribution is 9.11. The van der Waals surface area contributed by atoms with Gasteiger partial charge in [0.2, 0.25) is 5.91 Å². The van der Waals surface area contributed by atoms with E-state index in [0.717, 1.165) is 22.6 Å². The zero-order chi connectivity index (χ0) is 10.1. The van der Waals surface area contributed by atoms with Crippen LogP contribution in [-0.4, -0.2) is 28.2 Å². The Labute approximate surface area is 99.2 Å². The van der Waals surface area contributed by atoms with Crippen LogP contribution in [0.1, 0.15) is 10.6 Å². The summed E-state index contributed by atoms with van der Waals surface area (Å²) >= 11 is 10.4. The van der Waals surface area contributed by atoms with Crippen molar-refractivity contribution in [1.29, 1.82) is 0 Å². The molecule has 2 rings (SSSR count). The van der Waals surface area contributed by atoms with Gasteiger partial charge in [0.15, 0.2) is 3.92 Å². The first kappa shape index (κ1) is 10.4. The molecular formula is C8H8BrClN2OS. The summed E-state index contributed by atoms with van der Waals surface area (Å²) in [4.78, 5) is 18.6. The van der Waals surface area contributed by atoms with Gasteiger partial charge in [-0.15, -0.1) is 22.9 Å². The molecule has 0 N–H and O–H groups in total. The number of aromatic nitrogens is 1. The van der Waals surface area contributed by atoms with E-state index in [4.69, 9.17) is 11.6 Å². The average molecular weight is 296 g/mol. The summed E-state index contributed by atoms with van der Waals surface area (Å²) in [5, 5.41) is 0. The molecule has 0 aliphatic carbocycles. The Morgan fingerprint density at radius 1 is 1.71 bits per heavy atom. The van der Waals surface area contributed by atoms with Gasteiger partial charge in [0.25, 0.3) is 0 Å². The Balaban J connectivity index is 2.16. The number of halogens is 2. The number of nitrogens with zero attached hydrogens (tertiary/aromatic N) is 2. The van der Waals surface area contributed by atoms with Gasteiger partial charge in [-0.1, -0.05) is 0 Å². The third kappa shape index (κ3) is 1.94. The van der Waals surface area contributed by atoms with E-state index in [9.17, 15) is 4.79 Å². The predicted octanol–water partition coefficient (Wildman–Crippen LogP) is 2.03. The molecule has 0 unspecified atom stereocenters. The summed E-state index contributed by atoms with van der Waals surface area (Å²) in [6.45, 7) is 1.39. The number of fused-ring (bicyclic) bond motifs is 1. The number of thiazole rings is 1. The van der Waals surface area contributed by atoms with Crippen LogP contribution in [0, 0.1) is 0 Å². The molecule has 0 radical (unpaired) electrons. The lowest BCUT2D eigenvalue weighted by Crippen LogP contribution is -2.36. The van der Waals surface area contributed by atoms with Crippen LogP contribution < -0.4 is 0 Å². The fraction of sp³-hybridized carbons (Fsp3) is 0.500. The van der Waals surface area contributed by atoms with Gasteiger partial charge in [0.05, 0.1) is 12.2 Å². The summed E-state index contributed by atoms with van der Waals surface area (Å²) in [5.41, 5.74) is 1.11. The van der Waals surface area contributed by atoms with Crippen LogP contribution in [0.25, 0.3) is 0 Å². The fourth-order valence-corrected chi connectivity index (χ4v) is 3.28. The van der Waals surface area contributed by atoms with E-state index in [-0.39, 0.29) is 11.8 Å². The van der Waals surface area contributed by atoms with Gasteiger partial charge in [0.1, 0.15) is 5.88 Å². The molecule has 76 valence electrons. The monoisotopic (exact) mass is 294 g/mol. The third-order valence-electron chi connectivity index (χ3n) is 2.17. The molecule has 3 nitrogen and oxygen atoms in total. The Morgan fingerprint density at radius 2 is 2.50 bits per heavy atom. The summed E-state index contributed by atoms with van der Waals surface area (Å²) in [6.07, 6.45) is 0.833. The molecule has 2 heterocycles. The highest BCUT2D eigenvalue weighted by Crippen LogP contribution is 2.28. The van der Waals surface area contributed by atoms with Crippen molar-refractivity contribution in [2.24, 2.45) is 0 Å². The van der Waals surface area contributed by atoms with Crippen molar-refractivity contribution in [3.05, 3.63) is 14.5 Å². The van der Waals surface area contributed by atoms with Crippen LogP contribution >= 0.6 is 38.9 Å². The number of hydrogen-bond donors (Lipinski definition) is 0. The highest BCUT2D eigenvalue weighted by atomic mass is 79.9. The first-order chi connectivity index (χ1) is 6.70. The Hall–Kier alpha value is -0.130. The summed E-state index contributed by atoms with van der Waals surface area (Å²) in [7, 11) is 0. The molecule has 14 heavy (non-hydrogen) atoms. The molecule has 1 aliphatic heterocycles. The standard InChI is InChI=1S/C8H8BrClN2OS/c9-8-11-5-1-2-12(7(13)3-10)4-6(5)14-8/h1-4H2. The summed E-state index contributed by atoms with van der Waals surface area (Å²) in [5.74, 6) is 0.0665. The minimum absolute atomic E-state index is 0.00170. The molecule has 1 aliphatic rings. The molecule has 0 aromatic carbocycles. The van der Waals surface area contributed by atoms with E-state index in [2.05, 4.69) is 20.9 Å². The van der Waals surface area contributed by atoms with E-state index in [1.165, 1.54) is 4.88 Å². The van der Waals surface area contributed by atoms with E-state index in [1.807, 2.05) is 0 Å². The van der Waals surface area contributed by atoms with Crippen molar-refractivity contribution in [2.45, 2.75) is 13.0 Å². The zero-order valence-corrected chi connectivity index (χ0v) is 10.5. The molecule has 0 atom stereocenters. The minimum atomic E-state index is 0.00170. The molecule has 6 heteroatoms. The maximum Gasteiger partial charge on any atom is 0.237 e. The van der Waals surface area contributed by atoms with Gasteiger partial charge >= 0.3 is 0 Å². The Morgan fingerprint density at radius 3 is 3.21 bits per heavy atom. The van der Waals surface area contributed by atoms with Crippen molar-refractivity contribution >= 4 is 44.8 Å². The van der Waals surface area contributed by atoms with Crippen LogP contribution in [-0.2, 0) is 17.8 Å². The van der Waals surface area contributed by atoms with Crippen molar-refractivity contribution in [3.8, 4) is 0 Å². The lowest BCUT2D eigenvalue weighted by molar-refractivity contribution is -0.129. The number of amides is 1. The van der Waals surface area contributed by atoms with E-state index in [1.54, 1.807) is 16.2 Å². The van der Waals surface area contributed by atoms with Crippen LogP contribution in [0.5, 0.6) is 0 Å². The SMILES string of the molecule is O=C(CCl)N1CCc2nc(Br)sc2C1. The first-order valence-electron chi connectivity index (χ1n) is 4.18. The van der Waals surface area contributed by atoms with Crippen molar-refractivity contribution in [3.63, 3.8) is 0 Å². The molecule has 0 saturated carbocycles. The quantitative estimate of drug-likeness (QED) is 0.743. The molecular weight excluding hydrogens is 288 g/mol. The lowest BCUT2D eigenvalue weighted by Gasteiger charge is -2.25. The summed E-state index contributed by atoms with van der Waals surface area (Å²) < 4.78 is 0.891. The number of alkyl halides is 1. The maximum absolute atomic E-state index is 11.3. The van der Waals surface area contributed by atoms with Crippen LogP contribution in [0.4, 0.5) is 0 Å². The van der Waals surface area contributed by atoms with Gasteiger partial charge < -0.3 is 4.90 Å². The molecule has 1 aromatic heterocycles. The second-order valence-corrected chi connectivity index (χ2v) is 5.66. The van der Waals surface area contributed by atoms with Gasteiger partial charge in [-0.2, -0.15) is 0 Å². The van der Waals surface area contributed by atoms with Crippen molar-refractivity contribution < 1.29 is 4.79 Å². The fourth-order valence-electron chi connectivity index (χ4n) is 1.46. The van der Waals surface area contributed by atoms with Gasteiger partial charge in [-0.05, 0) is 15.9 Å². The molecule has 1 amide bonds. The molecule has 0 saturated heterocycles. The smallest absolute Gasteiger partial charge is 0.237 e. The zero-order valence-electron chi connectivity index (χ0n) is 7.30. The highest BCUT2D eigenvalue weighted by Gasteiger charge is 2.22. The average Bonchev–Trinajstić information content (AvgIpc) is 2.55. The number of hydrogen-bond acceptors (Lipinski definition) is 3. The van der Waals surface area contributed by atoms with Crippen LogP contribution in [0.2, 0.25) is 0 Å². The topological polar surface area (TPSA) is 33.2 Å². The normalized spacial score (nSPS) is 15.4. The van der Waals surface area contributed by atoms with E-state index < -0.39 is 0 Å². The maximum atomic E-state index is 11.3. The number of carbonyl (C=O) groups excluding carboxylic acids is 1. The predicted molar refractivity (Wildman–Crippen MR) is 59.7 cm³/mol. The van der Waals surface area contributed by atoms with Crippen molar-refractivity contribution in [2.75, 3.05) is 12.4 Å². The van der Waals surface area contributed by atoms with Gasteiger partial charge in [0, 0.05) is 17.8 Å². The number of rotatable bonds is 1. The lowest BCUT2D eigenvalue weighted by atomic mass is 10.2. The van der Waals surface area contributed by atoms with E-state index in [0.29, 0.717) is 6.54 Å². The van der Waals surface area contributed by atoms with Crippen molar-refractivity contribution in [1.82, 2.24) is 9.88 Å². The third-order valence-corrected chi connectivity index (χ3v) is 3.93. The largest absolute Gasteiger partial charge is 0.336 e. The Kier molecular flexibility index (Phi) is 3.09. The minimum Gasteiger partial charge on any atom is -0.336 e. The second kappa shape index (κ2) is 4.16. The Bertz CT molecular complexity index is 368. The second-order valence-electron chi connectivity index (χ2n) is 3.04. The number of carbonyl (C=O) groups is 1. The van der Waals surface area contributed by atoms with Gasteiger partial charge in [-0.25, -0.2) is 4.98 Å². The molecule has 0 spiro atoms. The molecule has 1 aromatic rings. The molecule has 0 bridgehead atoms. The summed E-state index contributed by atoms with van der Waals surface area (Å²) in [6, 6.07) is 0. The van der Waals surface area contributed by atoms with Crippen LogP contribution in [0.3, 0.4) is 0 Å². The molecule has 0 fully saturated rings. The van der Waals surface area contributed by atoms with E-state index >= 15 is 0 Å².